The smallest absolute Gasteiger partial charge is 0.124 e. The van der Waals surface area contributed by atoms with Crippen LogP contribution in [0, 0.1) is 6.92 Å². The molecule has 20 heavy (non-hydrogen) atoms. The van der Waals surface area contributed by atoms with Crippen molar-refractivity contribution in [3.8, 4) is 10.6 Å². The molecule has 0 amide bonds. The molecular formula is C16H19BrN2S. The Bertz CT molecular complexity index is 621. The van der Waals surface area contributed by atoms with E-state index in [9.17, 15) is 0 Å². The van der Waals surface area contributed by atoms with E-state index in [1.54, 1.807) is 0 Å². The number of fused-ring (bicyclic) bond motifs is 1. The summed E-state index contributed by atoms with van der Waals surface area (Å²) in [4.78, 5) is 6.42. The van der Waals surface area contributed by atoms with Gasteiger partial charge in [-0.05, 0) is 50.4 Å². The molecule has 0 saturated carbocycles. The second-order valence-corrected chi connectivity index (χ2v) is 7.29. The summed E-state index contributed by atoms with van der Waals surface area (Å²) in [7, 11) is 0. The van der Waals surface area contributed by atoms with Crippen LogP contribution in [-0.2, 0) is 6.42 Å². The summed E-state index contributed by atoms with van der Waals surface area (Å²) in [5.74, 6) is 0. The summed E-state index contributed by atoms with van der Waals surface area (Å²) in [5.41, 5.74) is 3.84. The van der Waals surface area contributed by atoms with Crippen molar-refractivity contribution in [2.24, 2.45) is 0 Å². The summed E-state index contributed by atoms with van der Waals surface area (Å²) in [6.45, 7) is 5.33. The van der Waals surface area contributed by atoms with E-state index in [1.807, 2.05) is 11.3 Å². The first kappa shape index (κ1) is 14.2. The van der Waals surface area contributed by atoms with Crippen molar-refractivity contribution in [2.75, 3.05) is 6.54 Å². The van der Waals surface area contributed by atoms with Crippen LogP contribution >= 0.6 is 27.3 Å². The third-order valence-corrected chi connectivity index (χ3v) is 5.48. The Morgan fingerprint density at radius 2 is 2.30 bits per heavy atom. The van der Waals surface area contributed by atoms with E-state index in [0.717, 1.165) is 11.0 Å². The molecule has 0 saturated heterocycles. The SMILES string of the molecule is CCNC1CCCc2sc(-c3ccc(Br)cc3C)nc21. The van der Waals surface area contributed by atoms with E-state index >= 15 is 0 Å². The van der Waals surface area contributed by atoms with Crippen molar-refractivity contribution in [1.82, 2.24) is 10.3 Å². The van der Waals surface area contributed by atoms with Gasteiger partial charge in [0, 0.05) is 14.9 Å². The summed E-state index contributed by atoms with van der Waals surface area (Å²) < 4.78 is 1.13. The zero-order valence-corrected chi connectivity index (χ0v) is 14.3. The number of hydrogen-bond acceptors (Lipinski definition) is 3. The molecule has 1 aliphatic carbocycles. The third kappa shape index (κ3) is 2.69. The molecule has 1 aromatic heterocycles. The van der Waals surface area contributed by atoms with E-state index < -0.39 is 0 Å². The number of nitrogens with one attached hydrogen (secondary N) is 1. The van der Waals surface area contributed by atoms with Gasteiger partial charge in [-0.25, -0.2) is 4.98 Å². The van der Waals surface area contributed by atoms with E-state index in [1.165, 1.54) is 46.0 Å². The minimum absolute atomic E-state index is 0.449. The lowest BCUT2D eigenvalue weighted by molar-refractivity contribution is 0.465. The van der Waals surface area contributed by atoms with Gasteiger partial charge in [-0.2, -0.15) is 0 Å². The van der Waals surface area contributed by atoms with Crippen LogP contribution in [0.3, 0.4) is 0 Å². The number of aromatic nitrogens is 1. The number of benzene rings is 1. The molecule has 0 bridgehead atoms. The van der Waals surface area contributed by atoms with Crippen molar-refractivity contribution < 1.29 is 0 Å². The average Bonchev–Trinajstić information content (AvgIpc) is 2.83. The fourth-order valence-electron chi connectivity index (χ4n) is 2.85. The quantitative estimate of drug-likeness (QED) is 0.854. The predicted octanol–water partition coefficient (Wildman–Crippen LogP) is 4.87. The van der Waals surface area contributed by atoms with Crippen LogP contribution in [0.25, 0.3) is 10.6 Å². The number of rotatable bonds is 3. The Labute approximate surface area is 132 Å². The number of hydrogen-bond donors (Lipinski definition) is 1. The van der Waals surface area contributed by atoms with Gasteiger partial charge >= 0.3 is 0 Å². The van der Waals surface area contributed by atoms with Crippen LogP contribution < -0.4 is 5.32 Å². The molecule has 2 aromatic rings. The van der Waals surface area contributed by atoms with Gasteiger partial charge in [0.1, 0.15) is 5.01 Å². The van der Waals surface area contributed by atoms with Crippen LogP contribution in [-0.4, -0.2) is 11.5 Å². The minimum Gasteiger partial charge on any atom is -0.309 e. The monoisotopic (exact) mass is 350 g/mol. The van der Waals surface area contributed by atoms with Gasteiger partial charge in [-0.3, -0.25) is 0 Å². The Hall–Kier alpha value is -0.710. The lowest BCUT2D eigenvalue weighted by Gasteiger charge is -2.21. The van der Waals surface area contributed by atoms with E-state index in [4.69, 9.17) is 4.98 Å². The minimum atomic E-state index is 0.449. The topological polar surface area (TPSA) is 24.9 Å². The first-order valence-corrected chi connectivity index (χ1v) is 8.79. The molecule has 3 rings (SSSR count). The molecule has 0 fully saturated rings. The average molecular weight is 351 g/mol. The maximum absolute atomic E-state index is 4.95. The maximum Gasteiger partial charge on any atom is 0.124 e. The summed E-state index contributed by atoms with van der Waals surface area (Å²) in [6.07, 6.45) is 3.67. The molecule has 1 aliphatic rings. The van der Waals surface area contributed by atoms with Crippen molar-refractivity contribution in [3.63, 3.8) is 0 Å². The molecular weight excluding hydrogens is 332 g/mol. The van der Waals surface area contributed by atoms with Crippen LogP contribution in [0.1, 0.15) is 41.9 Å². The van der Waals surface area contributed by atoms with Crippen molar-refractivity contribution in [1.29, 1.82) is 0 Å². The fourth-order valence-corrected chi connectivity index (χ4v) is 4.58. The van der Waals surface area contributed by atoms with Gasteiger partial charge in [0.15, 0.2) is 0 Å². The molecule has 1 N–H and O–H groups in total. The second kappa shape index (κ2) is 5.96. The van der Waals surface area contributed by atoms with Crippen molar-refractivity contribution in [2.45, 2.75) is 39.2 Å². The van der Waals surface area contributed by atoms with E-state index in [0.29, 0.717) is 6.04 Å². The maximum atomic E-state index is 4.95. The standard InChI is InChI=1S/C16H19BrN2S/c1-3-18-13-5-4-6-14-15(13)19-16(20-14)12-8-7-11(17)9-10(12)2/h7-9,13,18H,3-6H2,1-2H3. The predicted molar refractivity (Wildman–Crippen MR) is 89.3 cm³/mol. The van der Waals surface area contributed by atoms with Gasteiger partial charge in [0.05, 0.1) is 11.7 Å². The number of aryl methyl sites for hydroxylation is 2. The highest BCUT2D eigenvalue weighted by Gasteiger charge is 2.24. The summed E-state index contributed by atoms with van der Waals surface area (Å²) in [5, 5.41) is 4.74. The molecule has 1 aromatic carbocycles. The highest BCUT2D eigenvalue weighted by Crippen LogP contribution is 2.38. The first-order chi connectivity index (χ1) is 9.69. The molecule has 0 radical (unpaired) electrons. The van der Waals surface area contributed by atoms with Crippen molar-refractivity contribution >= 4 is 27.3 Å². The normalized spacial score (nSPS) is 18.1. The molecule has 1 unspecified atom stereocenters. The van der Waals surface area contributed by atoms with Crippen LogP contribution in [0.5, 0.6) is 0 Å². The Morgan fingerprint density at radius 3 is 3.05 bits per heavy atom. The van der Waals surface area contributed by atoms with Crippen LogP contribution in [0.15, 0.2) is 22.7 Å². The molecule has 0 spiro atoms. The fraction of sp³-hybridized carbons (Fsp3) is 0.438. The van der Waals surface area contributed by atoms with Gasteiger partial charge < -0.3 is 5.32 Å². The Kier molecular flexibility index (Phi) is 4.24. The Morgan fingerprint density at radius 1 is 1.45 bits per heavy atom. The van der Waals surface area contributed by atoms with Gasteiger partial charge in [0.2, 0.25) is 0 Å². The van der Waals surface area contributed by atoms with Crippen LogP contribution in [0.2, 0.25) is 0 Å². The number of halogens is 1. The summed E-state index contributed by atoms with van der Waals surface area (Å²) >= 11 is 5.40. The number of thiazole rings is 1. The lowest BCUT2D eigenvalue weighted by Crippen LogP contribution is -2.24. The third-order valence-electron chi connectivity index (χ3n) is 3.82. The summed E-state index contributed by atoms with van der Waals surface area (Å²) in [6, 6.07) is 6.89. The second-order valence-electron chi connectivity index (χ2n) is 5.29. The molecule has 4 heteroatoms. The highest BCUT2D eigenvalue weighted by molar-refractivity contribution is 9.10. The Balaban J connectivity index is 2.00. The van der Waals surface area contributed by atoms with Gasteiger partial charge in [-0.1, -0.05) is 28.9 Å². The van der Waals surface area contributed by atoms with E-state index in [2.05, 4.69) is 53.3 Å². The largest absolute Gasteiger partial charge is 0.309 e. The first-order valence-electron chi connectivity index (χ1n) is 7.18. The molecule has 2 nitrogen and oxygen atoms in total. The zero-order valence-electron chi connectivity index (χ0n) is 11.9. The molecule has 106 valence electrons. The lowest BCUT2D eigenvalue weighted by atomic mass is 9.97. The van der Waals surface area contributed by atoms with Crippen molar-refractivity contribution in [3.05, 3.63) is 38.8 Å². The molecule has 1 atom stereocenters. The van der Waals surface area contributed by atoms with E-state index in [-0.39, 0.29) is 0 Å². The number of nitrogens with zero attached hydrogens (tertiary/aromatic N) is 1. The molecule has 0 aliphatic heterocycles. The zero-order chi connectivity index (χ0) is 14.1. The van der Waals surface area contributed by atoms with Crippen LogP contribution in [0.4, 0.5) is 0 Å². The van der Waals surface area contributed by atoms with Gasteiger partial charge in [-0.15, -0.1) is 11.3 Å². The molecule has 1 heterocycles. The van der Waals surface area contributed by atoms with Gasteiger partial charge in [0.25, 0.3) is 0 Å². The highest BCUT2D eigenvalue weighted by atomic mass is 79.9.